The fourth-order valence-corrected chi connectivity index (χ4v) is 3.52. The quantitative estimate of drug-likeness (QED) is 0.314. The second kappa shape index (κ2) is 9.31. The summed E-state index contributed by atoms with van der Waals surface area (Å²) in [6, 6.07) is 19.6. The molecule has 0 unspecified atom stereocenters. The van der Waals surface area contributed by atoms with Gasteiger partial charge in [-0.15, -0.1) is 0 Å². The van der Waals surface area contributed by atoms with Crippen LogP contribution in [-0.2, 0) is 0 Å². The fourth-order valence-electron chi connectivity index (χ4n) is 3.52. The van der Waals surface area contributed by atoms with Gasteiger partial charge in [0.2, 0.25) is 11.2 Å². The van der Waals surface area contributed by atoms with Crippen molar-refractivity contribution in [1.82, 2.24) is 0 Å². The number of rotatable bonds is 7. The van der Waals surface area contributed by atoms with Crippen LogP contribution in [0, 0.1) is 27.7 Å². The molecule has 0 aliphatic carbocycles. The number of aryl methyl sites for hydroxylation is 4. The first kappa shape index (κ1) is 21.7. The van der Waals surface area contributed by atoms with Crippen molar-refractivity contribution in [1.29, 1.82) is 0 Å². The van der Waals surface area contributed by atoms with Crippen molar-refractivity contribution in [3.05, 3.63) is 93.1 Å². The minimum Gasteiger partial charge on any atom is -0.493 e. The number of hydrogen-bond acceptors (Lipinski definition) is 4. The van der Waals surface area contributed by atoms with Gasteiger partial charge in [0.1, 0.15) is 11.3 Å². The van der Waals surface area contributed by atoms with Gasteiger partial charge in [-0.3, -0.25) is 4.79 Å². The molecule has 4 rings (SSSR count). The Kier molecular flexibility index (Phi) is 6.31. The largest absolute Gasteiger partial charge is 0.493 e. The lowest BCUT2D eigenvalue weighted by Gasteiger charge is -2.13. The van der Waals surface area contributed by atoms with E-state index in [2.05, 4.69) is 0 Å². The van der Waals surface area contributed by atoms with Crippen molar-refractivity contribution in [3.63, 3.8) is 0 Å². The van der Waals surface area contributed by atoms with Crippen LogP contribution in [0.3, 0.4) is 0 Å². The number of hydrogen-bond donors (Lipinski definition) is 0. The van der Waals surface area contributed by atoms with Gasteiger partial charge in [-0.05, 0) is 63.1 Å². The lowest BCUT2D eigenvalue weighted by Crippen LogP contribution is -2.13. The molecule has 1 aromatic heterocycles. The van der Waals surface area contributed by atoms with Crippen molar-refractivity contribution in [3.8, 4) is 22.8 Å². The first-order valence-electron chi connectivity index (χ1n) is 10.9. The van der Waals surface area contributed by atoms with Gasteiger partial charge in [-0.2, -0.15) is 0 Å². The van der Waals surface area contributed by atoms with E-state index in [1.54, 1.807) is 0 Å². The Balaban J connectivity index is 1.59. The molecule has 32 heavy (non-hydrogen) atoms. The van der Waals surface area contributed by atoms with Gasteiger partial charge in [0, 0.05) is 12.0 Å². The molecular weight excluding hydrogens is 400 g/mol. The Labute approximate surface area is 188 Å². The molecule has 0 aliphatic heterocycles. The fraction of sp³-hybridized carbons (Fsp3) is 0.250. The van der Waals surface area contributed by atoms with E-state index < -0.39 is 0 Å². The molecule has 164 valence electrons. The molecule has 3 aromatic carbocycles. The summed E-state index contributed by atoms with van der Waals surface area (Å²) in [5, 5.41) is 0.537. The van der Waals surface area contributed by atoms with Crippen LogP contribution in [0.4, 0.5) is 0 Å². The SMILES string of the molecule is Cc1ccc(OCCCOc2c(-c3ccc(C)cc3)oc3cc(C)c(C)cc3c2=O)cc1. The summed E-state index contributed by atoms with van der Waals surface area (Å²) < 4.78 is 18.0. The van der Waals surface area contributed by atoms with E-state index in [1.165, 1.54) is 5.56 Å². The predicted octanol–water partition coefficient (Wildman–Crippen LogP) is 6.54. The van der Waals surface area contributed by atoms with E-state index in [0.717, 1.165) is 28.0 Å². The maximum atomic E-state index is 13.4. The normalized spacial score (nSPS) is 11.0. The van der Waals surface area contributed by atoms with Crippen LogP contribution in [0.15, 0.2) is 69.9 Å². The number of ether oxygens (including phenoxy) is 2. The maximum absolute atomic E-state index is 13.4. The molecular formula is C28H28O4. The second-order valence-electron chi connectivity index (χ2n) is 8.25. The molecule has 0 N–H and O–H groups in total. The van der Waals surface area contributed by atoms with Crippen LogP contribution >= 0.6 is 0 Å². The van der Waals surface area contributed by atoms with E-state index in [4.69, 9.17) is 13.9 Å². The zero-order valence-corrected chi connectivity index (χ0v) is 19.0. The van der Waals surface area contributed by atoms with E-state index in [0.29, 0.717) is 36.4 Å². The average Bonchev–Trinajstić information content (AvgIpc) is 2.78. The molecule has 0 saturated carbocycles. The van der Waals surface area contributed by atoms with Crippen LogP contribution in [0.25, 0.3) is 22.3 Å². The minimum atomic E-state index is -0.149. The van der Waals surface area contributed by atoms with E-state index in [9.17, 15) is 4.79 Å². The molecule has 0 fully saturated rings. The molecule has 0 amide bonds. The minimum absolute atomic E-state index is 0.149. The summed E-state index contributed by atoms with van der Waals surface area (Å²) >= 11 is 0. The Hall–Kier alpha value is -3.53. The first-order valence-corrected chi connectivity index (χ1v) is 10.9. The first-order chi connectivity index (χ1) is 15.4. The molecule has 4 nitrogen and oxygen atoms in total. The zero-order chi connectivity index (χ0) is 22.7. The van der Waals surface area contributed by atoms with Crippen LogP contribution in [0.5, 0.6) is 11.5 Å². The molecule has 0 atom stereocenters. The Morgan fingerprint density at radius 2 is 1.34 bits per heavy atom. The van der Waals surface area contributed by atoms with Crippen LogP contribution in [0.2, 0.25) is 0 Å². The molecule has 0 radical (unpaired) electrons. The van der Waals surface area contributed by atoms with E-state index in [1.807, 2.05) is 88.4 Å². The molecule has 0 saturated heterocycles. The van der Waals surface area contributed by atoms with Crippen LogP contribution in [-0.4, -0.2) is 13.2 Å². The van der Waals surface area contributed by atoms with Crippen LogP contribution in [0.1, 0.15) is 28.7 Å². The van der Waals surface area contributed by atoms with Gasteiger partial charge in [-0.25, -0.2) is 0 Å². The van der Waals surface area contributed by atoms with Crippen molar-refractivity contribution in [2.24, 2.45) is 0 Å². The zero-order valence-electron chi connectivity index (χ0n) is 19.0. The average molecular weight is 429 g/mol. The molecule has 1 heterocycles. The second-order valence-corrected chi connectivity index (χ2v) is 8.25. The Morgan fingerprint density at radius 3 is 2.03 bits per heavy atom. The highest BCUT2D eigenvalue weighted by atomic mass is 16.5. The maximum Gasteiger partial charge on any atom is 0.235 e. The summed E-state index contributed by atoms with van der Waals surface area (Å²) in [7, 11) is 0. The standard InChI is InChI=1S/C28H28O4/c1-18-6-10-22(11-7-18)27-28(26(29)24-16-20(3)21(4)17-25(24)32-27)31-15-5-14-30-23-12-8-19(2)9-13-23/h6-13,16-17H,5,14-15H2,1-4H3. The van der Waals surface area contributed by atoms with Crippen molar-refractivity contribution in [2.75, 3.05) is 13.2 Å². The van der Waals surface area contributed by atoms with Crippen molar-refractivity contribution >= 4 is 11.0 Å². The van der Waals surface area contributed by atoms with Gasteiger partial charge >= 0.3 is 0 Å². The summed E-state index contributed by atoms with van der Waals surface area (Å²) in [6.07, 6.45) is 0.644. The third-order valence-corrected chi connectivity index (χ3v) is 5.60. The molecule has 0 spiro atoms. The van der Waals surface area contributed by atoms with Gasteiger partial charge in [-0.1, -0.05) is 47.5 Å². The highest BCUT2D eigenvalue weighted by molar-refractivity contribution is 5.83. The van der Waals surface area contributed by atoms with E-state index >= 15 is 0 Å². The smallest absolute Gasteiger partial charge is 0.235 e. The van der Waals surface area contributed by atoms with Crippen molar-refractivity contribution in [2.45, 2.75) is 34.1 Å². The summed E-state index contributed by atoms with van der Waals surface area (Å²) in [5.41, 5.74) is 5.70. The number of fused-ring (bicyclic) bond motifs is 1. The van der Waals surface area contributed by atoms with E-state index in [-0.39, 0.29) is 11.2 Å². The van der Waals surface area contributed by atoms with Gasteiger partial charge < -0.3 is 13.9 Å². The highest BCUT2D eigenvalue weighted by Crippen LogP contribution is 2.32. The predicted molar refractivity (Wildman–Crippen MR) is 129 cm³/mol. The monoisotopic (exact) mass is 428 g/mol. The molecule has 4 aromatic rings. The number of benzene rings is 3. The third kappa shape index (κ3) is 4.70. The van der Waals surface area contributed by atoms with Gasteiger partial charge in [0.15, 0.2) is 5.76 Å². The highest BCUT2D eigenvalue weighted by Gasteiger charge is 2.18. The summed E-state index contributed by atoms with van der Waals surface area (Å²) in [5.74, 6) is 1.54. The topological polar surface area (TPSA) is 48.7 Å². The third-order valence-electron chi connectivity index (χ3n) is 5.60. The van der Waals surface area contributed by atoms with Crippen LogP contribution < -0.4 is 14.9 Å². The lowest BCUT2D eigenvalue weighted by atomic mass is 10.0. The van der Waals surface area contributed by atoms with Gasteiger partial charge in [0.05, 0.1) is 18.6 Å². The summed E-state index contributed by atoms with van der Waals surface area (Å²) in [6.45, 7) is 8.93. The lowest BCUT2D eigenvalue weighted by molar-refractivity contribution is 0.244. The molecule has 4 heteroatoms. The molecule has 0 bridgehead atoms. The molecule has 0 aliphatic rings. The van der Waals surface area contributed by atoms with Crippen molar-refractivity contribution < 1.29 is 13.9 Å². The Bertz CT molecular complexity index is 1280. The Morgan fingerprint density at radius 1 is 0.750 bits per heavy atom. The summed E-state index contributed by atoms with van der Waals surface area (Å²) in [4.78, 5) is 13.4. The van der Waals surface area contributed by atoms with Gasteiger partial charge in [0.25, 0.3) is 0 Å².